The molecular formula is C21H26N6OS2. The summed E-state index contributed by atoms with van der Waals surface area (Å²) in [5.74, 6) is 1.46. The summed E-state index contributed by atoms with van der Waals surface area (Å²) in [5.41, 5.74) is 4.25. The minimum Gasteiger partial charge on any atom is -0.338 e. The van der Waals surface area contributed by atoms with Crippen molar-refractivity contribution >= 4 is 37.2 Å². The predicted octanol–water partition coefficient (Wildman–Crippen LogP) is 3.38. The van der Waals surface area contributed by atoms with Crippen molar-refractivity contribution in [3.8, 4) is 0 Å². The molecule has 0 aliphatic carbocycles. The normalized spacial score (nSPS) is 23.5. The molecule has 2 aliphatic rings. The van der Waals surface area contributed by atoms with E-state index in [1.807, 2.05) is 0 Å². The van der Waals surface area contributed by atoms with E-state index >= 15 is 0 Å². The summed E-state index contributed by atoms with van der Waals surface area (Å²) in [6.45, 7) is 8.00. The van der Waals surface area contributed by atoms with Crippen LogP contribution in [-0.2, 0) is 21.9 Å². The molecule has 0 radical (unpaired) electrons. The number of nitrogens with one attached hydrogen (secondary N) is 1. The standard InChI is InChI=1S/C21H26N6OS2/c1-14(16-3-4-20-19(11-16)24-15(2)29-20)26-6-8-27(9-7-26)21-23-12-17-13-30(22,28)10-5-18(17)25-21/h3-4,11-12,14,22H,5-10,13H2,1-2H3. The van der Waals surface area contributed by atoms with Crippen LogP contribution in [0.2, 0.25) is 0 Å². The lowest BCUT2D eigenvalue weighted by Crippen LogP contribution is -2.47. The molecule has 158 valence electrons. The van der Waals surface area contributed by atoms with Crippen LogP contribution in [-0.4, -0.2) is 56.0 Å². The lowest BCUT2D eigenvalue weighted by Gasteiger charge is -2.38. The van der Waals surface area contributed by atoms with Crippen LogP contribution in [0.25, 0.3) is 10.2 Å². The fourth-order valence-corrected chi connectivity index (χ4v) is 6.56. The molecule has 2 atom stereocenters. The highest BCUT2D eigenvalue weighted by Gasteiger charge is 2.26. The van der Waals surface area contributed by atoms with Crippen LogP contribution < -0.4 is 4.90 Å². The number of anilines is 1. The Balaban J connectivity index is 1.26. The Bertz CT molecular complexity index is 1200. The number of aromatic nitrogens is 3. The fourth-order valence-electron chi connectivity index (χ4n) is 4.35. The van der Waals surface area contributed by atoms with Crippen LogP contribution in [0.4, 0.5) is 5.95 Å². The molecule has 0 bridgehead atoms. The van der Waals surface area contributed by atoms with Crippen molar-refractivity contribution in [3.63, 3.8) is 0 Å². The summed E-state index contributed by atoms with van der Waals surface area (Å²) in [5, 5.41) is 1.11. The van der Waals surface area contributed by atoms with Crippen molar-refractivity contribution in [2.75, 3.05) is 36.8 Å². The molecule has 3 aromatic rings. The number of hydrogen-bond acceptors (Lipinski definition) is 8. The monoisotopic (exact) mass is 442 g/mol. The fraction of sp³-hybridized carbons (Fsp3) is 0.476. The first-order valence-corrected chi connectivity index (χ1v) is 13.0. The van der Waals surface area contributed by atoms with Crippen LogP contribution in [0.15, 0.2) is 24.4 Å². The molecule has 4 heterocycles. The van der Waals surface area contributed by atoms with E-state index in [4.69, 9.17) is 9.76 Å². The summed E-state index contributed by atoms with van der Waals surface area (Å²) in [4.78, 5) is 18.7. The highest BCUT2D eigenvalue weighted by Crippen LogP contribution is 2.28. The molecule has 30 heavy (non-hydrogen) atoms. The quantitative estimate of drug-likeness (QED) is 0.669. The zero-order valence-corrected chi connectivity index (χ0v) is 18.9. The van der Waals surface area contributed by atoms with Gasteiger partial charge in [-0.1, -0.05) is 6.07 Å². The third kappa shape index (κ3) is 3.81. The molecule has 0 amide bonds. The van der Waals surface area contributed by atoms with Crippen molar-refractivity contribution in [1.29, 1.82) is 4.78 Å². The van der Waals surface area contributed by atoms with Crippen LogP contribution in [0.5, 0.6) is 0 Å². The Morgan fingerprint density at radius 1 is 1.20 bits per heavy atom. The number of aryl methyl sites for hydroxylation is 2. The SMILES string of the molecule is Cc1nc2cc(C(C)N3CCN(c4ncc5c(n4)CCS(=N)(=O)C5)CC3)ccc2s1. The van der Waals surface area contributed by atoms with Gasteiger partial charge in [0.15, 0.2) is 0 Å². The van der Waals surface area contributed by atoms with Crippen molar-refractivity contribution in [3.05, 3.63) is 46.2 Å². The maximum Gasteiger partial charge on any atom is 0.225 e. The van der Waals surface area contributed by atoms with Gasteiger partial charge in [0, 0.05) is 65.9 Å². The van der Waals surface area contributed by atoms with Gasteiger partial charge in [-0.15, -0.1) is 11.3 Å². The van der Waals surface area contributed by atoms with E-state index < -0.39 is 9.73 Å². The highest BCUT2D eigenvalue weighted by molar-refractivity contribution is 7.91. The first-order valence-electron chi connectivity index (χ1n) is 10.3. The number of rotatable bonds is 3. The number of thiazole rings is 1. The molecular weight excluding hydrogens is 416 g/mol. The molecule has 7 nitrogen and oxygen atoms in total. The molecule has 2 aromatic heterocycles. The minimum atomic E-state index is -2.49. The Morgan fingerprint density at radius 2 is 2.00 bits per heavy atom. The molecule has 2 aliphatic heterocycles. The number of piperazine rings is 1. The lowest BCUT2D eigenvalue weighted by molar-refractivity contribution is 0.198. The molecule has 0 spiro atoms. The van der Waals surface area contributed by atoms with Gasteiger partial charge in [0.2, 0.25) is 5.95 Å². The van der Waals surface area contributed by atoms with Crippen LogP contribution >= 0.6 is 11.3 Å². The van der Waals surface area contributed by atoms with Gasteiger partial charge >= 0.3 is 0 Å². The molecule has 1 saturated heterocycles. The zero-order valence-electron chi connectivity index (χ0n) is 17.3. The highest BCUT2D eigenvalue weighted by atomic mass is 32.2. The smallest absolute Gasteiger partial charge is 0.225 e. The number of hydrogen-bond donors (Lipinski definition) is 1. The first kappa shape index (κ1) is 19.8. The molecule has 2 unspecified atom stereocenters. The van der Waals surface area contributed by atoms with Crippen LogP contribution in [0.1, 0.15) is 34.8 Å². The number of fused-ring (bicyclic) bond motifs is 2. The second kappa shape index (κ2) is 7.55. The Hall–Kier alpha value is -2.10. The zero-order chi connectivity index (χ0) is 20.9. The summed E-state index contributed by atoms with van der Waals surface area (Å²) < 4.78 is 21.1. The number of benzene rings is 1. The van der Waals surface area contributed by atoms with E-state index in [1.165, 1.54) is 10.3 Å². The average Bonchev–Trinajstić information content (AvgIpc) is 3.11. The lowest BCUT2D eigenvalue weighted by atomic mass is 10.1. The summed E-state index contributed by atoms with van der Waals surface area (Å²) in [6, 6.07) is 6.99. The Labute approximate surface area is 181 Å². The number of nitrogens with zero attached hydrogens (tertiary/aromatic N) is 5. The Morgan fingerprint density at radius 3 is 2.80 bits per heavy atom. The Kier molecular flexibility index (Phi) is 4.99. The summed E-state index contributed by atoms with van der Waals surface area (Å²) >= 11 is 1.74. The van der Waals surface area contributed by atoms with E-state index in [9.17, 15) is 4.21 Å². The van der Waals surface area contributed by atoms with Crippen molar-refractivity contribution < 1.29 is 4.21 Å². The molecule has 9 heteroatoms. The summed E-state index contributed by atoms with van der Waals surface area (Å²) in [6.07, 6.45) is 2.40. The van der Waals surface area contributed by atoms with Crippen molar-refractivity contribution in [2.24, 2.45) is 0 Å². The largest absolute Gasteiger partial charge is 0.338 e. The van der Waals surface area contributed by atoms with E-state index in [2.05, 4.69) is 51.8 Å². The van der Waals surface area contributed by atoms with E-state index in [1.54, 1.807) is 17.5 Å². The molecule has 1 aromatic carbocycles. The van der Waals surface area contributed by atoms with E-state index in [0.29, 0.717) is 18.2 Å². The second-order valence-electron chi connectivity index (χ2n) is 8.21. The minimum absolute atomic E-state index is 0.288. The first-order chi connectivity index (χ1) is 14.4. The van der Waals surface area contributed by atoms with Gasteiger partial charge in [0.1, 0.15) is 0 Å². The van der Waals surface area contributed by atoms with Gasteiger partial charge in [0.05, 0.1) is 26.7 Å². The van der Waals surface area contributed by atoms with E-state index in [0.717, 1.165) is 53.9 Å². The van der Waals surface area contributed by atoms with Gasteiger partial charge in [-0.05, 0) is 31.5 Å². The predicted molar refractivity (Wildman–Crippen MR) is 122 cm³/mol. The molecule has 5 rings (SSSR count). The maximum absolute atomic E-state index is 12.0. The maximum atomic E-state index is 12.0. The van der Waals surface area contributed by atoms with Crippen LogP contribution in [0, 0.1) is 11.7 Å². The van der Waals surface area contributed by atoms with Gasteiger partial charge < -0.3 is 4.90 Å². The molecule has 0 saturated carbocycles. The topological polar surface area (TPSA) is 86.1 Å². The third-order valence-electron chi connectivity index (χ3n) is 6.14. The molecule has 1 fully saturated rings. The van der Waals surface area contributed by atoms with Crippen LogP contribution in [0.3, 0.4) is 0 Å². The van der Waals surface area contributed by atoms with Gasteiger partial charge in [-0.25, -0.2) is 19.2 Å². The van der Waals surface area contributed by atoms with Crippen molar-refractivity contribution in [1.82, 2.24) is 19.9 Å². The van der Waals surface area contributed by atoms with E-state index in [-0.39, 0.29) is 5.75 Å². The van der Waals surface area contributed by atoms with Gasteiger partial charge in [0.25, 0.3) is 0 Å². The second-order valence-corrected chi connectivity index (χ2v) is 11.8. The van der Waals surface area contributed by atoms with Gasteiger partial charge in [-0.2, -0.15) is 0 Å². The third-order valence-corrected chi connectivity index (χ3v) is 8.74. The summed E-state index contributed by atoms with van der Waals surface area (Å²) in [7, 11) is -2.49. The average molecular weight is 443 g/mol. The van der Waals surface area contributed by atoms with Gasteiger partial charge in [-0.3, -0.25) is 9.68 Å². The molecule has 1 N–H and O–H groups in total. The van der Waals surface area contributed by atoms with Crippen molar-refractivity contribution in [2.45, 2.75) is 32.1 Å².